The van der Waals surface area contributed by atoms with Crippen molar-refractivity contribution in [2.45, 2.75) is 32.6 Å². The van der Waals surface area contributed by atoms with Crippen LogP contribution in [-0.4, -0.2) is 17.7 Å². The fourth-order valence-corrected chi connectivity index (χ4v) is 2.50. The summed E-state index contributed by atoms with van der Waals surface area (Å²) in [6.07, 6.45) is 0.875. The summed E-state index contributed by atoms with van der Waals surface area (Å²) in [4.78, 5) is 11.4. The molecule has 0 heterocycles. The minimum Gasteiger partial charge on any atom is -0.493 e. The van der Waals surface area contributed by atoms with Gasteiger partial charge in [0.2, 0.25) is 0 Å². The van der Waals surface area contributed by atoms with Gasteiger partial charge >= 0.3 is 5.97 Å². The molecular weight excluding hydrogens is 295 g/mol. The number of carbonyl (C=O) groups is 1. The maximum absolute atomic E-state index is 13.8. The molecule has 1 atom stereocenters. The van der Waals surface area contributed by atoms with Gasteiger partial charge in [-0.05, 0) is 49.9 Å². The third-order valence-electron chi connectivity index (χ3n) is 3.82. The Hall–Kier alpha value is -2.36. The molecule has 3 nitrogen and oxygen atoms in total. The summed E-state index contributed by atoms with van der Waals surface area (Å²) < 4.78 is 19.5. The summed E-state index contributed by atoms with van der Waals surface area (Å²) in [6.45, 7) is 4.36. The van der Waals surface area contributed by atoms with Gasteiger partial charge in [0.1, 0.15) is 11.6 Å². The van der Waals surface area contributed by atoms with Crippen molar-refractivity contribution in [3.63, 3.8) is 0 Å². The largest absolute Gasteiger partial charge is 0.493 e. The van der Waals surface area contributed by atoms with E-state index < -0.39 is 17.7 Å². The lowest BCUT2D eigenvalue weighted by atomic mass is 9.94. The Kier molecular flexibility index (Phi) is 5.74. The van der Waals surface area contributed by atoms with Gasteiger partial charge in [0, 0.05) is 5.56 Å². The van der Waals surface area contributed by atoms with Gasteiger partial charge in [-0.25, -0.2) is 4.39 Å². The smallest absolute Gasteiger partial charge is 0.311 e. The van der Waals surface area contributed by atoms with Gasteiger partial charge in [-0.3, -0.25) is 4.79 Å². The first-order valence-corrected chi connectivity index (χ1v) is 7.66. The lowest BCUT2D eigenvalue weighted by Gasteiger charge is -2.14. The predicted octanol–water partition coefficient (Wildman–Crippen LogP) is 4.47. The molecule has 0 amide bonds. The van der Waals surface area contributed by atoms with Crippen molar-refractivity contribution in [1.82, 2.24) is 0 Å². The molecule has 2 aromatic rings. The van der Waals surface area contributed by atoms with Gasteiger partial charge in [0.05, 0.1) is 12.5 Å². The van der Waals surface area contributed by atoms with E-state index >= 15 is 0 Å². The van der Waals surface area contributed by atoms with Crippen LogP contribution in [0.15, 0.2) is 42.5 Å². The van der Waals surface area contributed by atoms with Gasteiger partial charge in [-0.15, -0.1) is 0 Å². The molecule has 23 heavy (non-hydrogen) atoms. The number of hydrogen-bond donors (Lipinski definition) is 1. The van der Waals surface area contributed by atoms with Crippen molar-refractivity contribution in [3.05, 3.63) is 65.0 Å². The highest BCUT2D eigenvalue weighted by Crippen LogP contribution is 2.25. The van der Waals surface area contributed by atoms with Crippen LogP contribution in [0.5, 0.6) is 5.75 Å². The fourth-order valence-electron chi connectivity index (χ4n) is 2.50. The maximum Gasteiger partial charge on any atom is 0.311 e. The molecule has 2 rings (SSSR count). The molecule has 0 bridgehead atoms. The number of benzene rings is 2. The van der Waals surface area contributed by atoms with Crippen LogP contribution in [0.4, 0.5) is 4.39 Å². The zero-order valence-electron chi connectivity index (χ0n) is 13.4. The second-order valence-corrected chi connectivity index (χ2v) is 5.67. The second kappa shape index (κ2) is 7.77. The Morgan fingerprint density at radius 2 is 1.96 bits per heavy atom. The number of aliphatic carboxylic acids is 1. The molecular formula is C19H21FO3. The Labute approximate surface area is 135 Å². The maximum atomic E-state index is 13.8. The zero-order chi connectivity index (χ0) is 16.8. The first-order valence-electron chi connectivity index (χ1n) is 7.66. The van der Waals surface area contributed by atoms with Crippen LogP contribution in [0.1, 0.15) is 35.4 Å². The summed E-state index contributed by atoms with van der Waals surface area (Å²) in [5.41, 5.74) is 2.38. The topological polar surface area (TPSA) is 46.5 Å². The van der Waals surface area contributed by atoms with E-state index in [0.717, 1.165) is 16.9 Å². The average Bonchev–Trinajstić information content (AvgIpc) is 2.51. The molecule has 0 aliphatic rings. The predicted molar refractivity (Wildman–Crippen MR) is 87.4 cm³/mol. The standard InChI is InChI=1S/C19H21FO3/c1-13-9-10-14(2)18(12-13)23-11-5-7-16(19(21)22)15-6-3-4-8-17(15)20/h3-4,6,8-10,12,16H,5,7,11H2,1-2H3,(H,21,22). The van der Waals surface area contributed by atoms with Crippen LogP contribution in [-0.2, 0) is 4.79 Å². The lowest BCUT2D eigenvalue weighted by molar-refractivity contribution is -0.139. The van der Waals surface area contributed by atoms with Crippen LogP contribution < -0.4 is 4.74 Å². The quantitative estimate of drug-likeness (QED) is 0.767. The molecule has 1 N–H and O–H groups in total. The molecule has 0 aromatic heterocycles. The molecule has 0 aliphatic carbocycles. The zero-order valence-corrected chi connectivity index (χ0v) is 13.4. The molecule has 0 saturated heterocycles. The third-order valence-corrected chi connectivity index (χ3v) is 3.82. The third kappa shape index (κ3) is 4.55. The van der Waals surface area contributed by atoms with Crippen LogP contribution >= 0.6 is 0 Å². The van der Waals surface area contributed by atoms with E-state index in [9.17, 15) is 14.3 Å². The minimum absolute atomic E-state index is 0.228. The average molecular weight is 316 g/mol. The number of halogens is 1. The van der Waals surface area contributed by atoms with E-state index in [1.54, 1.807) is 12.1 Å². The summed E-state index contributed by atoms with van der Waals surface area (Å²) in [5, 5.41) is 9.34. The number of carboxylic acid groups (broad SMARTS) is 1. The summed E-state index contributed by atoms with van der Waals surface area (Å²) >= 11 is 0. The van der Waals surface area contributed by atoms with E-state index in [0.29, 0.717) is 19.4 Å². The summed E-state index contributed by atoms with van der Waals surface area (Å²) in [7, 11) is 0. The highest BCUT2D eigenvalue weighted by atomic mass is 19.1. The van der Waals surface area contributed by atoms with Crippen molar-refractivity contribution in [1.29, 1.82) is 0 Å². The number of carboxylic acids is 1. The monoisotopic (exact) mass is 316 g/mol. The van der Waals surface area contributed by atoms with Crippen molar-refractivity contribution >= 4 is 5.97 Å². The molecule has 0 radical (unpaired) electrons. The van der Waals surface area contributed by atoms with E-state index in [1.165, 1.54) is 12.1 Å². The minimum atomic E-state index is -1.01. The van der Waals surface area contributed by atoms with E-state index in [4.69, 9.17) is 4.74 Å². The van der Waals surface area contributed by atoms with Crippen LogP contribution in [0, 0.1) is 19.7 Å². The van der Waals surface area contributed by atoms with E-state index in [1.807, 2.05) is 32.0 Å². The number of ether oxygens (including phenoxy) is 1. The van der Waals surface area contributed by atoms with Crippen molar-refractivity contribution < 1.29 is 19.0 Å². The van der Waals surface area contributed by atoms with E-state index in [-0.39, 0.29) is 5.56 Å². The first kappa shape index (κ1) is 17.0. The summed E-state index contributed by atoms with van der Waals surface area (Å²) in [5.74, 6) is -1.53. The highest BCUT2D eigenvalue weighted by molar-refractivity contribution is 5.76. The molecule has 0 saturated carbocycles. The van der Waals surface area contributed by atoms with Crippen molar-refractivity contribution in [3.8, 4) is 5.75 Å². The Bertz CT molecular complexity index is 682. The molecule has 0 fully saturated rings. The number of hydrogen-bond acceptors (Lipinski definition) is 2. The van der Waals surface area contributed by atoms with Gasteiger partial charge in [-0.2, -0.15) is 0 Å². The number of aryl methyl sites for hydroxylation is 2. The SMILES string of the molecule is Cc1ccc(C)c(OCCCC(C(=O)O)c2ccccc2F)c1. The fraction of sp³-hybridized carbons (Fsp3) is 0.316. The lowest BCUT2D eigenvalue weighted by Crippen LogP contribution is -2.14. The second-order valence-electron chi connectivity index (χ2n) is 5.67. The normalized spacial score (nSPS) is 12.0. The molecule has 0 spiro atoms. The van der Waals surface area contributed by atoms with Gasteiger partial charge in [-0.1, -0.05) is 30.3 Å². The van der Waals surface area contributed by atoms with Gasteiger partial charge in [0.25, 0.3) is 0 Å². The highest BCUT2D eigenvalue weighted by Gasteiger charge is 2.22. The Morgan fingerprint density at radius 3 is 2.65 bits per heavy atom. The van der Waals surface area contributed by atoms with Gasteiger partial charge in [0.15, 0.2) is 0 Å². The molecule has 2 aromatic carbocycles. The first-order chi connectivity index (χ1) is 11.0. The van der Waals surface area contributed by atoms with Crippen molar-refractivity contribution in [2.75, 3.05) is 6.61 Å². The molecule has 122 valence electrons. The van der Waals surface area contributed by atoms with Crippen LogP contribution in [0.25, 0.3) is 0 Å². The molecule has 0 aliphatic heterocycles. The number of rotatable bonds is 7. The van der Waals surface area contributed by atoms with Crippen molar-refractivity contribution in [2.24, 2.45) is 0 Å². The van der Waals surface area contributed by atoms with Crippen LogP contribution in [0.2, 0.25) is 0 Å². The van der Waals surface area contributed by atoms with Crippen LogP contribution in [0.3, 0.4) is 0 Å². The summed E-state index contributed by atoms with van der Waals surface area (Å²) in [6, 6.07) is 12.0. The molecule has 1 unspecified atom stereocenters. The van der Waals surface area contributed by atoms with E-state index in [2.05, 4.69) is 0 Å². The molecule has 4 heteroatoms. The Balaban J connectivity index is 1.94. The van der Waals surface area contributed by atoms with Gasteiger partial charge < -0.3 is 9.84 Å². The Morgan fingerprint density at radius 1 is 1.22 bits per heavy atom.